The molecule has 0 fully saturated rings. The maximum Gasteiger partial charge on any atom is 0.194 e. The molecule has 102 valence electrons. The first-order chi connectivity index (χ1) is 9.75. The van der Waals surface area contributed by atoms with Crippen LogP contribution in [0.3, 0.4) is 0 Å². The van der Waals surface area contributed by atoms with Crippen molar-refractivity contribution >= 4 is 21.7 Å². The summed E-state index contributed by atoms with van der Waals surface area (Å²) in [5.41, 5.74) is 1.24. The predicted molar refractivity (Wildman–Crippen MR) is 79.6 cm³/mol. The van der Waals surface area contributed by atoms with Gasteiger partial charge in [-0.25, -0.2) is 0 Å². The molecule has 1 aliphatic rings. The Labute approximate surface area is 125 Å². The number of ketones is 1. The molecule has 0 aliphatic carbocycles. The van der Waals surface area contributed by atoms with Gasteiger partial charge in [-0.3, -0.25) is 4.79 Å². The summed E-state index contributed by atoms with van der Waals surface area (Å²) in [6.45, 7) is 1.25. The highest BCUT2D eigenvalue weighted by atomic mass is 79.9. The molecule has 20 heavy (non-hydrogen) atoms. The highest BCUT2D eigenvalue weighted by Gasteiger charge is 2.16. The van der Waals surface area contributed by atoms with Crippen LogP contribution in [-0.2, 0) is 0 Å². The van der Waals surface area contributed by atoms with E-state index >= 15 is 0 Å². The van der Waals surface area contributed by atoms with E-state index in [1.54, 1.807) is 24.3 Å². The topological polar surface area (TPSA) is 35.5 Å². The zero-order valence-electron chi connectivity index (χ0n) is 10.8. The molecule has 0 spiro atoms. The van der Waals surface area contributed by atoms with Crippen LogP contribution in [0, 0.1) is 0 Å². The van der Waals surface area contributed by atoms with Gasteiger partial charge in [-0.1, -0.05) is 28.1 Å². The van der Waals surface area contributed by atoms with E-state index in [4.69, 9.17) is 9.47 Å². The lowest BCUT2D eigenvalue weighted by atomic mass is 10.0. The number of hydrogen-bond acceptors (Lipinski definition) is 3. The summed E-state index contributed by atoms with van der Waals surface area (Å²) < 4.78 is 12.0. The van der Waals surface area contributed by atoms with Crippen LogP contribution in [0.1, 0.15) is 22.3 Å². The predicted octanol–water partition coefficient (Wildman–Crippen LogP) is 3.84. The summed E-state index contributed by atoms with van der Waals surface area (Å²) in [4.78, 5) is 12.5. The average Bonchev–Trinajstić information content (AvgIpc) is 2.71. The molecule has 3 nitrogen and oxygen atoms in total. The summed E-state index contributed by atoms with van der Waals surface area (Å²) in [5.74, 6) is 1.31. The Balaban J connectivity index is 1.97. The molecular weight excluding hydrogens is 320 g/mol. The molecule has 1 aliphatic heterocycles. The lowest BCUT2D eigenvalue weighted by Gasteiger charge is -2.09. The fraction of sp³-hybridized carbons (Fsp3) is 0.188. The standard InChI is InChI=1S/C16H13BrO3/c17-13-5-2-1-4-12(13)16(18)11-6-7-14-15(10-11)20-9-3-8-19-14/h1-2,4-7,10H,3,8-9H2. The second-order valence-corrected chi connectivity index (χ2v) is 5.38. The van der Waals surface area contributed by atoms with Crippen molar-refractivity contribution in [1.82, 2.24) is 0 Å². The third kappa shape index (κ3) is 2.56. The fourth-order valence-corrected chi connectivity index (χ4v) is 2.57. The van der Waals surface area contributed by atoms with Crippen molar-refractivity contribution in [1.29, 1.82) is 0 Å². The highest BCUT2D eigenvalue weighted by molar-refractivity contribution is 9.10. The molecular formula is C16H13BrO3. The van der Waals surface area contributed by atoms with Crippen LogP contribution in [-0.4, -0.2) is 19.0 Å². The summed E-state index contributed by atoms with van der Waals surface area (Å²) in [7, 11) is 0. The Morgan fingerprint density at radius 2 is 1.75 bits per heavy atom. The van der Waals surface area contributed by atoms with Crippen LogP contribution in [0.2, 0.25) is 0 Å². The monoisotopic (exact) mass is 332 g/mol. The van der Waals surface area contributed by atoms with Crippen molar-refractivity contribution in [2.24, 2.45) is 0 Å². The van der Waals surface area contributed by atoms with E-state index in [0.29, 0.717) is 35.8 Å². The minimum atomic E-state index is -0.0341. The third-order valence-corrected chi connectivity index (χ3v) is 3.82. The van der Waals surface area contributed by atoms with Crippen LogP contribution in [0.5, 0.6) is 11.5 Å². The van der Waals surface area contributed by atoms with E-state index < -0.39 is 0 Å². The number of carbonyl (C=O) groups is 1. The number of fused-ring (bicyclic) bond motifs is 1. The first kappa shape index (κ1) is 13.2. The van der Waals surface area contributed by atoms with Gasteiger partial charge in [-0.15, -0.1) is 0 Å². The Kier molecular flexibility index (Phi) is 3.74. The van der Waals surface area contributed by atoms with Gasteiger partial charge in [0, 0.05) is 22.0 Å². The Bertz CT molecular complexity index is 652. The summed E-state index contributed by atoms with van der Waals surface area (Å²) in [6.07, 6.45) is 0.849. The second kappa shape index (κ2) is 5.67. The summed E-state index contributed by atoms with van der Waals surface area (Å²) >= 11 is 3.40. The van der Waals surface area contributed by atoms with Crippen molar-refractivity contribution in [3.05, 3.63) is 58.1 Å². The van der Waals surface area contributed by atoms with Crippen LogP contribution in [0.25, 0.3) is 0 Å². The maximum absolute atomic E-state index is 12.5. The van der Waals surface area contributed by atoms with Gasteiger partial charge in [0.2, 0.25) is 0 Å². The van der Waals surface area contributed by atoms with Gasteiger partial charge in [0.05, 0.1) is 13.2 Å². The zero-order chi connectivity index (χ0) is 13.9. The Morgan fingerprint density at radius 3 is 2.55 bits per heavy atom. The minimum Gasteiger partial charge on any atom is -0.490 e. The van der Waals surface area contributed by atoms with Crippen molar-refractivity contribution in [3.8, 4) is 11.5 Å². The molecule has 0 unspecified atom stereocenters. The molecule has 1 heterocycles. The molecule has 0 saturated carbocycles. The molecule has 0 N–H and O–H groups in total. The van der Waals surface area contributed by atoms with E-state index in [1.807, 2.05) is 18.2 Å². The first-order valence-corrected chi connectivity index (χ1v) is 7.24. The van der Waals surface area contributed by atoms with Gasteiger partial charge >= 0.3 is 0 Å². The molecule has 0 aromatic heterocycles. The van der Waals surface area contributed by atoms with Crippen molar-refractivity contribution in [2.75, 3.05) is 13.2 Å². The second-order valence-electron chi connectivity index (χ2n) is 4.52. The van der Waals surface area contributed by atoms with Gasteiger partial charge < -0.3 is 9.47 Å². The zero-order valence-corrected chi connectivity index (χ0v) is 12.4. The fourth-order valence-electron chi connectivity index (χ4n) is 2.11. The van der Waals surface area contributed by atoms with Crippen LogP contribution in [0.4, 0.5) is 0 Å². The number of carbonyl (C=O) groups excluding carboxylic acids is 1. The van der Waals surface area contributed by atoms with E-state index in [0.717, 1.165) is 10.9 Å². The molecule has 0 saturated heterocycles. The maximum atomic E-state index is 12.5. The average molecular weight is 333 g/mol. The van der Waals surface area contributed by atoms with Gasteiger partial charge in [-0.2, -0.15) is 0 Å². The van der Waals surface area contributed by atoms with Gasteiger partial charge in [0.15, 0.2) is 17.3 Å². The van der Waals surface area contributed by atoms with E-state index in [9.17, 15) is 4.79 Å². The highest BCUT2D eigenvalue weighted by Crippen LogP contribution is 2.31. The van der Waals surface area contributed by atoms with Gasteiger partial charge in [0.25, 0.3) is 0 Å². The smallest absolute Gasteiger partial charge is 0.194 e. The van der Waals surface area contributed by atoms with Crippen LogP contribution < -0.4 is 9.47 Å². The van der Waals surface area contributed by atoms with Crippen LogP contribution >= 0.6 is 15.9 Å². The van der Waals surface area contributed by atoms with E-state index in [-0.39, 0.29) is 5.78 Å². The van der Waals surface area contributed by atoms with Gasteiger partial charge in [-0.05, 0) is 30.3 Å². The number of rotatable bonds is 2. The number of ether oxygens (including phenoxy) is 2. The molecule has 2 aromatic carbocycles. The molecule has 4 heteroatoms. The molecule has 0 amide bonds. The van der Waals surface area contributed by atoms with Crippen molar-refractivity contribution in [3.63, 3.8) is 0 Å². The lowest BCUT2D eigenvalue weighted by Crippen LogP contribution is -2.03. The quantitative estimate of drug-likeness (QED) is 0.784. The normalized spacial score (nSPS) is 13.7. The summed E-state index contributed by atoms with van der Waals surface area (Å²) in [5, 5.41) is 0. The van der Waals surface area contributed by atoms with Crippen molar-refractivity contribution < 1.29 is 14.3 Å². The molecule has 0 atom stereocenters. The number of benzene rings is 2. The molecule has 0 bridgehead atoms. The molecule has 2 aromatic rings. The largest absolute Gasteiger partial charge is 0.490 e. The minimum absolute atomic E-state index is 0.0341. The lowest BCUT2D eigenvalue weighted by molar-refractivity contribution is 0.103. The molecule has 3 rings (SSSR count). The van der Waals surface area contributed by atoms with E-state index in [2.05, 4.69) is 15.9 Å². The Hall–Kier alpha value is -1.81. The summed E-state index contributed by atoms with van der Waals surface area (Å²) in [6, 6.07) is 12.7. The molecule has 0 radical (unpaired) electrons. The van der Waals surface area contributed by atoms with E-state index in [1.165, 1.54) is 0 Å². The first-order valence-electron chi connectivity index (χ1n) is 6.44. The van der Waals surface area contributed by atoms with Gasteiger partial charge in [0.1, 0.15) is 0 Å². The third-order valence-electron chi connectivity index (χ3n) is 3.13. The SMILES string of the molecule is O=C(c1ccc2c(c1)OCCCO2)c1ccccc1Br. The van der Waals surface area contributed by atoms with Crippen molar-refractivity contribution in [2.45, 2.75) is 6.42 Å². The number of hydrogen-bond donors (Lipinski definition) is 0. The Morgan fingerprint density at radius 1 is 1.00 bits per heavy atom. The number of halogens is 1. The van der Waals surface area contributed by atoms with Crippen LogP contribution in [0.15, 0.2) is 46.9 Å².